The van der Waals surface area contributed by atoms with Crippen molar-refractivity contribution in [2.24, 2.45) is 0 Å². The molecule has 0 aliphatic carbocycles. The molecule has 94 valence electrons. The van der Waals surface area contributed by atoms with Crippen molar-refractivity contribution in [1.82, 2.24) is 5.32 Å². The molecule has 1 aliphatic rings. The summed E-state index contributed by atoms with van der Waals surface area (Å²) in [4.78, 5) is 0. The van der Waals surface area contributed by atoms with E-state index in [1.54, 1.807) is 0 Å². The molecule has 3 heteroatoms. The van der Waals surface area contributed by atoms with Crippen molar-refractivity contribution < 1.29 is 9.84 Å². The molecule has 0 saturated carbocycles. The topological polar surface area (TPSA) is 41.5 Å². The van der Waals surface area contributed by atoms with Gasteiger partial charge in [0.1, 0.15) is 11.9 Å². The average Bonchev–Trinajstić information content (AvgIpc) is 2.68. The highest BCUT2D eigenvalue weighted by atomic mass is 16.5. The Kier molecular flexibility index (Phi) is 4.02. The van der Waals surface area contributed by atoms with Crippen LogP contribution in [0.1, 0.15) is 24.5 Å². The third-order valence-electron chi connectivity index (χ3n) is 3.21. The second-order valence-electron chi connectivity index (χ2n) is 4.88. The maximum atomic E-state index is 8.83. The van der Waals surface area contributed by atoms with Gasteiger partial charge in [-0.1, -0.05) is 17.7 Å². The third-order valence-corrected chi connectivity index (χ3v) is 3.21. The number of fused-ring (bicyclic) bond motifs is 1. The molecule has 0 fully saturated rings. The fourth-order valence-electron chi connectivity index (χ4n) is 2.19. The van der Waals surface area contributed by atoms with E-state index in [1.807, 2.05) is 0 Å². The van der Waals surface area contributed by atoms with E-state index >= 15 is 0 Å². The Morgan fingerprint density at radius 3 is 3.12 bits per heavy atom. The van der Waals surface area contributed by atoms with Gasteiger partial charge in [-0.3, -0.25) is 0 Å². The number of aliphatic hydroxyl groups excluding tert-OH is 1. The predicted molar refractivity (Wildman–Crippen MR) is 68.5 cm³/mol. The van der Waals surface area contributed by atoms with Crippen molar-refractivity contribution >= 4 is 0 Å². The van der Waals surface area contributed by atoms with Crippen LogP contribution < -0.4 is 10.1 Å². The summed E-state index contributed by atoms with van der Waals surface area (Å²) < 4.78 is 5.87. The quantitative estimate of drug-likeness (QED) is 0.815. The standard InChI is InChI=1S/C14H21NO2/c1-10-3-4-14-12(7-10)8-13(17-14)9-15-11(2)5-6-16/h3-4,7,11,13,15-16H,5-6,8-9H2,1-2H3. The minimum atomic E-state index is 0.230. The summed E-state index contributed by atoms with van der Waals surface area (Å²) in [6, 6.07) is 6.69. The lowest BCUT2D eigenvalue weighted by molar-refractivity contribution is 0.213. The van der Waals surface area contributed by atoms with Crippen molar-refractivity contribution in [2.45, 2.75) is 38.8 Å². The number of rotatable bonds is 5. The van der Waals surface area contributed by atoms with E-state index in [1.165, 1.54) is 11.1 Å². The molecule has 1 aromatic rings. The van der Waals surface area contributed by atoms with E-state index in [9.17, 15) is 0 Å². The lowest BCUT2D eigenvalue weighted by Crippen LogP contribution is -2.36. The number of hydrogen-bond donors (Lipinski definition) is 2. The van der Waals surface area contributed by atoms with Crippen molar-refractivity contribution in [3.63, 3.8) is 0 Å². The van der Waals surface area contributed by atoms with Crippen LogP contribution in [0.3, 0.4) is 0 Å². The fourth-order valence-corrected chi connectivity index (χ4v) is 2.19. The molecular formula is C14H21NO2. The van der Waals surface area contributed by atoms with Crippen LogP contribution in [0.15, 0.2) is 18.2 Å². The van der Waals surface area contributed by atoms with Gasteiger partial charge in [0.05, 0.1) is 0 Å². The first-order valence-corrected chi connectivity index (χ1v) is 6.29. The van der Waals surface area contributed by atoms with Gasteiger partial charge < -0.3 is 15.2 Å². The Morgan fingerprint density at radius 1 is 1.53 bits per heavy atom. The molecular weight excluding hydrogens is 214 g/mol. The highest BCUT2D eigenvalue weighted by molar-refractivity contribution is 5.40. The molecule has 17 heavy (non-hydrogen) atoms. The van der Waals surface area contributed by atoms with Gasteiger partial charge >= 0.3 is 0 Å². The van der Waals surface area contributed by atoms with Crippen LogP contribution in [0, 0.1) is 6.92 Å². The van der Waals surface area contributed by atoms with Crippen molar-refractivity contribution in [3.05, 3.63) is 29.3 Å². The highest BCUT2D eigenvalue weighted by Crippen LogP contribution is 2.29. The molecule has 1 heterocycles. The molecule has 1 aliphatic heterocycles. The van der Waals surface area contributed by atoms with Gasteiger partial charge in [0.25, 0.3) is 0 Å². The largest absolute Gasteiger partial charge is 0.488 e. The lowest BCUT2D eigenvalue weighted by atomic mass is 10.1. The smallest absolute Gasteiger partial charge is 0.123 e. The Labute approximate surface area is 103 Å². The van der Waals surface area contributed by atoms with Crippen molar-refractivity contribution in [2.75, 3.05) is 13.2 Å². The molecule has 0 aromatic heterocycles. The van der Waals surface area contributed by atoms with Crippen LogP contribution in [0.2, 0.25) is 0 Å². The van der Waals surface area contributed by atoms with E-state index in [2.05, 4.69) is 37.4 Å². The van der Waals surface area contributed by atoms with Crippen LogP contribution >= 0.6 is 0 Å². The normalized spacial score (nSPS) is 19.8. The molecule has 2 rings (SSSR count). The van der Waals surface area contributed by atoms with E-state index in [-0.39, 0.29) is 12.7 Å². The first-order valence-electron chi connectivity index (χ1n) is 6.29. The third kappa shape index (κ3) is 3.20. The highest BCUT2D eigenvalue weighted by Gasteiger charge is 2.22. The van der Waals surface area contributed by atoms with Gasteiger partial charge in [0.2, 0.25) is 0 Å². The SMILES string of the molecule is Cc1ccc2c(c1)CC(CNC(C)CCO)O2. The number of ether oxygens (including phenoxy) is 1. The minimum absolute atomic E-state index is 0.230. The van der Waals surface area contributed by atoms with E-state index in [0.29, 0.717) is 6.04 Å². The molecule has 0 amide bonds. The maximum absolute atomic E-state index is 8.83. The summed E-state index contributed by atoms with van der Waals surface area (Å²) >= 11 is 0. The molecule has 0 spiro atoms. The predicted octanol–water partition coefficient (Wildman–Crippen LogP) is 1.66. The number of nitrogens with one attached hydrogen (secondary N) is 1. The Morgan fingerprint density at radius 2 is 2.35 bits per heavy atom. The molecule has 2 N–H and O–H groups in total. The lowest BCUT2D eigenvalue weighted by Gasteiger charge is -2.16. The Bertz CT molecular complexity index is 378. The molecule has 0 radical (unpaired) electrons. The molecule has 0 bridgehead atoms. The summed E-state index contributed by atoms with van der Waals surface area (Å²) in [6.07, 6.45) is 2.00. The zero-order valence-electron chi connectivity index (χ0n) is 10.6. The zero-order chi connectivity index (χ0) is 12.3. The van der Waals surface area contributed by atoms with Crippen LogP contribution in [-0.4, -0.2) is 30.4 Å². The van der Waals surface area contributed by atoms with Crippen molar-refractivity contribution in [1.29, 1.82) is 0 Å². The zero-order valence-corrected chi connectivity index (χ0v) is 10.6. The first kappa shape index (κ1) is 12.4. The van der Waals surface area contributed by atoms with E-state index < -0.39 is 0 Å². The first-order chi connectivity index (χ1) is 8.19. The maximum Gasteiger partial charge on any atom is 0.123 e. The monoisotopic (exact) mass is 235 g/mol. The number of aryl methyl sites for hydroxylation is 1. The number of aliphatic hydroxyl groups is 1. The average molecular weight is 235 g/mol. The Balaban J connectivity index is 1.84. The number of hydrogen-bond acceptors (Lipinski definition) is 3. The summed E-state index contributed by atoms with van der Waals surface area (Å²) in [6.45, 7) is 5.27. The van der Waals surface area contributed by atoms with Crippen LogP contribution in [0.5, 0.6) is 5.75 Å². The Hall–Kier alpha value is -1.06. The van der Waals surface area contributed by atoms with E-state index in [4.69, 9.17) is 9.84 Å². The summed E-state index contributed by atoms with van der Waals surface area (Å²) in [5.74, 6) is 1.03. The van der Waals surface area contributed by atoms with Gasteiger partial charge in [0.15, 0.2) is 0 Å². The molecule has 0 saturated heterocycles. The van der Waals surface area contributed by atoms with Gasteiger partial charge in [-0.05, 0) is 31.9 Å². The fraction of sp³-hybridized carbons (Fsp3) is 0.571. The summed E-state index contributed by atoms with van der Waals surface area (Å²) in [7, 11) is 0. The molecule has 2 atom stereocenters. The molecule has 2 unspecified atom stereocenters. The summed E-state index contributed by atoms with van der Waals surface area (Å²) in [5.41, 5.74) is 2.60. The minimum Gasteiger partial charge on any atom is -0.488 e. The van der Waals surface area contributed by atoms with Crippen molar-refractivity contribution in [3.8, 4) is 5.75 Å². The van der Waals surface area contributed by atoms with Crippen LogP contribution in [0.4, 0.5) is 0 Å². The second kappa shape index (κ2) is 5.52. The second-order valence-corrected chi connectivity index (χ2v) is 4.88. The number of benzene rings is 1. The molecule has 3 nitrogen and oxygen atoms in total. The van der Waals surface area contributed by atoms with Gasteiger partial charge in [-0.2, -0.15) is 0 Å². The summed E-state index contributed by atoms with van der Waals surface area (Å²) in [5, 5.41) is 12.2. The molecule has 1 aromatic carbocycles. The van der Waals surface area contributed by atoms with Crippen LogP contribution in [-0.2, 0) is 6.42 Å². The van der Waals surface area contributed by atoms with Gasteiger partial charge in [-0.15, -0.1) is 0 Å². The van der Waals surface area contributed by atoms with Crippen LogP contribution in [0.25, 0.3) is 0 Å². The van der Waals surface area contributed by atoms with E-state index in [0.717, 1.165) is 25.1 Å². The van der Waals surface area contributed by atoms with Gasteiger partial charge in [-0.25, -0.2) is 0 Å². The van der Waals surface area contributed by atoms with Gasteiger partial charge in [0, 0.05) is 25.6 Å².